The van der Waals surface area contributed by atoms with Gasteiger partial charge in [-0.3, -0.25) is 0 Å². The maximum absolute atomic E-state index is 4.98. The lowest BCUT2D eigenvalue weighted by atomic mass is 9.84. The van der Waals surface area contributed by atoms with Gasteiger partial charge in [0.15, 0.2) is 0 Å². The molecule has 0 aromatic carbocycles. The minimum Gasteiger partial charge on any atom is -0.306 e. The van der Waals surface area contributed by atoms with Crippen LogP contribution in [0.5, 0.6) is 0 Å². The van der Waals surface area contributed by atoms with Crippen molar-refractivity contribution in [2.75, 3.05) is 6.54 Å². The zero-order valence-corrected chi connectivity index (χ0v) is 12.4. The van der Waals surface area contributed by atoms with Gasteiger partial charge >= 0.3 is 0 Å². The second kappa shape index (κ2) is 4.93. The van der Waals surface area contributed by atoms with Crippen molar-refractivity contribution in [2.45, 2.75) is 64.3 Å². The number of nitrogens with zero attached hydrogens (tertiary/aromatic N) is 1. The standard InChI is InChI=1S/C15H24N2S/c1-3-16-15(2,11-7-4-5-8-11)14-17-12-9-6-10-13(12)18-14/h11,16H,3-10H2,1-2H3. The van der Waals surface area contributed by atoms with Crippen molar-refractivity contribution in [2.24, 2.45) is 5.92 Å². The summed E-state index contributed by atoms with van der Waals surface area (Å²) >= 11 is 1.98. The van der Waals surface area contributed by atoms with E-state index in [1.807, 2.05) is 11.3 Å². The van der Waals surface area contributed by atoms with Crippen molar-refractivity contribution >= 4 is 11.3 Å². The molecule has 1 saturated carbocycles. The maximum atomic E-state index is 4.98. The lowest BCUT2D eigenvalue weighted by Crippen LogP contribution is -2.45. The van der Waals surface area contributed by atoms with E-state index in [1.54, 1.807) is 4.88 Å². The fraction of sp³-hybridized carbons (Fsp3) is 0.800. The van der Waals surface area contributed by atoms with Crippen LogP contribution >= 0.6 is 11.3 Å². The number of rotatable bonds is 4. The van der Waals surface area contributed by atoms with Gasteiger partial charge in [-0.2, -0.15) is 0 Å². The molecular formula is C15H24N2S. The minimum atomic E-state index is 0.125. The average Bonchev–Trinajstić information content (AvgIpc) is 3.05. The molecule has 0 bridgehead atoms. The Kier molecular flexibility index (Phi) is 3.46. The highest BCUT2D eigenvalue weighted by atomic mass is 32.1. The van der Waals surface area contributed by atoms with Gasteiger partial charge in [0.25, 0.3) is 0 Å². The number of hydrogen-bond donors (Lipinski definition) is 1. The quantitative estimate of drug-likeness (QED) is 0.898. The number of fused-ring (bicyclic) bond motifs is 1. The molecule has 1 N–H and O–H groups in total. The van der Waals surface area contributed by atoms with Crippen molar-refractivity contribution in [1.29, 1.82) is 0 Å². The third kappa shape index (κ3) is 2.01. The van der Waals surface area contributed by atoms with Crippen molar-refractivity contribution in [3.63, 3.8) is 0 Å². The molecule has 18 heavy (non-hydrogen) atoms. The minimum absolute atomic E-state index is 0.125. The second-order valence-corrected chi connectivity index (χ2v) is 7.04. The zero-order valence-electron chi connectivity index (χ0n) is 11.6. The molecule has 0 radical (unpaired) electrons. The van der Waals surface area contributed by atoms with Crippen molar-refractivity contribution in [3.05, 3.63) is 15.6 Å². The molecule has 3 heteroatoms. The van der Waals surface area contributed by atoms with Crippen LogP contribution in [0.4, 0.5) is 0 Å². The van der Waals surface area contributed by atoms with Crippen LogP contribution in [-0.2, 0) is 18.4 Å². The van der Waals surface area contributed by atoms with Crippen LogP contribution in [0, 0.1) is 5.92 Å². The van der Waals surface area contributed by atoms with Gasteiger partial charge in [-0.05, 0) is 51.5 Å². The second-order valence-electron chi connectivity index (χ2n) is 5.96. The molecule has 3 rings (SSSR count). The van der Waals surface area contributed by atoms with E-state index in [4.69, 9.17) is 4.98 Å². The highest BCUT2D eigenvalue weighted by Crippen LogP contribution is 2.43. The summed E-state index contributed by atoms with van der Waals surface area (Å²) in [6.45, 7) is 5.65. The molecular weight excluding hydrogens is 240 g/mol. The molecule has 1 fully saturated rings. The number of nitrogens with one attached hydrogen (secondary N) is 1. The lowest BCUT2D eigenvalue weighted by Gasteiger charge is -2.34. The monoisotopic (exact) mass is 264 g/mol. The summed E-state index contributed by atoms with van der Waals surface area (Å²) < 4.78 is 0. The van der Waals surface area contributed by atoms with E-state index >= 15 is 0 Å². The van der Waals surface area contributed by atoms with Crippen LogP contribution in [-0.4, -0.2) is 11.5 Å². The van der Waals surface area contributed by atoms with Gasteiger partial charge in [-0.25, -0.2) is 4.98 Å². The topological polar surface area (TPSA) is 24.9 Å². The van der Waals surface area contributed by atoms with Crippen LogP contribution < -0.4 is 5.32 Å². The normalized spacial score (nSPS) is 23.2. The molecule has 1 aromatic heterocycles. The summed E-state index contributed by atoms with van der Waals surface area (Å²) in [7, 11) is 0. The number of thiazole rings is 1. The predicted octanol–water partition coefficient (Wildman–Crippen LogP) is 3.65. The van der Waals surface area contributed by atoms with E-state index in [0.717, 1.165) is 12.5 Å². The van der Waals surface area contributed by atoms with Crippen LogP contribution in [0.2, 0.25) is 0 Å². The van der Waals surface area contributed by atoms with E-state index in [1.165, 1.54) is 55.6 Å². The Balaban J connectivity index is 1.91. The van der Waals surface area contributed by atoms with Crippen molar-refractivity contribution < 1.29 is 0 Å². The smallest absolute Gasteiger partial charge is 0.113 e. The molecule has 0 aliphatic heterocycles. The van der Waals surface area contributed by atoms with Crippen LogP contribution in [0.15, 0.2) is 0 Å². The van der Waals surface area contributed by atoms with Gasteiger partial charge in [0.05, 0.1) is 11.2 Å². The first kappa shape index (κ1) is 12.6. The maximum Gasteiger partial charge on any atom is 0.113 e. The molecule has 2 aliphatic carbocycles. The SMILES string of the molecule is CCNC(C)(c1nc2c(s1)CCC2)C1CCCC1. The third-order valence-corrected chi connectivity index (χ3v) is 6.15. The fourth-order valence-electron chi connectivity index (χ4n) is 3.68. The van der Waals surface area contributed by atoms with E-state index in [-0.39, 0.29) is 5.54 Å². The van der Waals surface area contributed by atoms with Gasteiger partial charge in [0, 0.05) is 4.88 Å². The molecule has 0 saturated heterocycles. The summed E-state index contributed by atoms with van der Waals surface area (Å²) in [5.41, 5.74) is 1.53. The Morgan fingerprint density at radius 1 is 1.28 bits per heavy atom. The summed E-state index contributed by atoms with van der Waals surface area (Å²) in [5.74, 6) is 0.781. The highest BCUT2D eigenvalue weighted by molar-refractivity contribution is 7.12. The van der Waals surface area contributed by atoms with Crippen LogP contribution in [0.3, 0.4) is 0 Å². The Bertz CT molecular complexity index is 399. The number of aromatic nitrogens is 1. The van der Waals surface area contributed by atoms with E-state index in [9.17, 15) is 0 Å². The molecule has 100 valence electrons. The first-order valence-corrected chi connectivity index (χ1v) is 8.29. The summed E-state index contributed by atoms with van der Waals surface area (Å²) in [6, 6.07) is 0. The molecule has 1 unspecified atom stereocenters. The molecule has 1 heterocycles. The summed E-state index contributed by atoms with van der Waals surface area (Å²) in [6.07, 6.45) is 9.32. The molecule has 2 nitrogen and oxygen atoms in total. The molecule has 0 spiro atoms. The zero-order chi connectivity index (χ0) is 12.6. The summed E-state index contributed by atoms with van der Waals surface area (Å²) in [5, 5.41) is 5.12. The van der Waals surface area contributed by atoms with Gasteiger partial charge in [0.1, 0.15) is 5.01 Å². The molecule has 0 amide bonds. The Hall–Kier alpha value is -0.410. The van der Waals surface area contributed by atoms with Crippen LogP contribution in [0.25, 0.3) is 0 Å². The van der Waals surface area contributed by atoms with Crippen LogP contribution in [0.1, 0.15) is 61.5 Å². The first-order valence-electron chi connectivity index (χ1n) is 7.48. The highest BCUT2D eigenvalue weighted by Gasteiger charge is 2.40. The lowest BCUT2D eigenvalue weighted by molar-refractivity contribution is 0.238. The summed E-state index contributed by atoms with van der Waals surface area (Å²) in [4.78, 5) is 6.54. The fourth-order valence-corrected chi connectivity index (χ4v) is 5.03. The van der Waals surface area contributed by atoms with Crippen molar-refractivity contribution in [3.8, 4) is 0 Å². The van der Waals surface area contributed by atoms with Crippen molar-refractivity contribution in [1.82, 2.24) is 10.3 Å². The first-order chi connectivity index (χ1) is 8.74. The Morgan fingerprint density at radius 3 is 2.72 bits per heavy atom. The van der Waals surface area contributed by atoms with E-state index < -0.39 is 0 Å². The number of hydrogen-bond acceptors (Lipinski definition) is 3. The van der Waals surface area contributed by atoms with Gasteiger partial charge in [0.2, 0.25) is 0 Å². The average molecular weight is 264 g/mol. The third-order valence-electron chi connectivity index (χ3n) is 4.76. The largest absolute Gasteiger partial charge is 0.306 e. The van der Waals surface area contributed by atoms with Gasteiger partial charge < -0.3 is 5.32 Å². The molecule has 2 aliphatic rings. The van der Waals surface area contributed by atoms with Gasteiger partial charge in [-0.1, -0.05) is 19.8 Å². The number of aryl methyl sites for hydroxylation is 2. The van der Waals surface area contributed by atoms with E-state index in [2.05, 4.69) is 19.2 Å². The van der Waals surface area contributed by atoms with E-state index in [0.29, 0.717) is 0 Å². The molecule has 1 aromatic rings. The molecule has 1 atom stereocenters. The predicted molar refractivity (Wildman–Crippen MR) is 77.1 cm³/mol. The Morgan fingerprint density at radius 2 is 2.06 bits per heavy atom. The Labute approximate surface area is 114 Å². The van der Waals surface area contributed by atoms with Gasteiger partial charge in [-0.15, -0.1) is 11.3 Å².